The number of carboxylic acids is 3. The fourth-order valence-corrected chi connectivity index (χ4v) is 3.56. The van der Waals surface area contributed by atoms with Crippen molar-refractivity contribution in [2.75, 3.05) is 6.54 Å². The van der Waals surface area contributed by atoms with Gasteiger partial charge >= 0.3 is 17.9 Å². The van der Waals surface area contributed by atoms with Gasteiger partial charge in [-0.3, -0.25) is 9.59 Å². The first-order chi connectivity index (χ1) is 14.3. The third-order valence-electron chi connectivity index (χ3n) is 5.39. The number of unbranched alkanes of at least 4 members (excludes halogenated alkanes) is 13. The Morgan fingerprint density at radius 1 is 0.733 bits per heavy atom. The van der Waals surface area contributed by atoms with Gasteiger partial charge in [-0.2, -0.15) is 0 Å². The number of hydrogen-bond acceptors (Lipinski definition) is 5. The molecule has 176 valence electrons. The fourth-order valence-electron chi connectivity index (χ4n) is 3.56. The van der Waals surface area contributed by atoms with E-state index in [2.05, 4.69) is 12.2 Å². The molecule has 0 saturated carbocycles. The minimum atomic E-state index is -2.90. The summed E-state index contributed by atoms with van der Waals surface area (Å²) in [7, 11) is 0. The smallest absolute Gasteiger partial charge is 0.338 e. The Kier molecular flexibility index (Phi) is 16.1. The Balaban J connectivity index is 3.86. The van der Waals surface area contributed by atoms with Crippen LogP contribution in [0.1, 0.15) is 103 Å². The van der Waals surface area contributed by atoms with Crippen LogP contribution in [-0.4, -0.2) is 56.5 Å². The number of carboxylic acid groups (broad SMARTS) is 3. The van der Waals surface area contributed by atoms with E-state index in [9.17, 15) is 24.6 Å². The first-order valence-electron chi connectivity index (χ1n) is 11.4. The molecule has 8 heteroatoms. The molecule has 0 radical (unpaired) electrons. The Morgan fingerprint density at radius 3 is 1.47 bits per heavy atom. The zero-order valence-corrected chi connectivity index (χ0v) is 18.4. The van der Waals surface area contributed by atoms with Gasteiger partial charge < -0.3 is 25.7 Å². The van der Waals surface area contributed by atoms with Crippen LogP contribution >= 0.6 is 0 Å². The molecule has 0 amide bonds. The van der Waals surface area contributed by atoms with Gasteiger partial charge in [-0.15, -0.1) is 0 Å². The van der Waals surface area contributed by atoms with Gasteiger partial charge in [0.1, 0.15) is 6.04 Å². The first kappa shape index (κ1) is 28.3. The van der Waals surface area contributed by atoms with Crippen molar-refractivity contribution in [2.24, 2.45) is 0 Å². The fraction of sp³-hybridized carbons (Fsp3) is 0.864. The highest BCUT2D eigenvalue weighted by Gasteiger charge is 2.50. The van der Waals surface area contributed by atoms with Gasteiger partial charge in [-0.25, -0.2) is 4.79 Å². The Morgan fingerprint density at radius 2 is 1.13 bits per heavy atom. The van der Waals surface area contributed by atoms with Crippen LogP contribution in [0.15, 0.2) is 0 Å². The van der Waals surface area contributed by atoms with E-state index in [1.807, 2.05) is 0 Å². The maximum Gasteiger partial charge on any atom is 0.338 e. The lowest BCUT2D eigenvalue weighted by molar-refractivity contribution is -0.174. The minimum Gasteiger partial charge on any atom is -0.481 e. The van der Waals surface area contributed by atoms with Gasteiger partial charge in [-0.05, 0) is 13.0 Å². The molecular weight excluding hydrogens is 390 g/mol. The highest BCUT2D eigenvalue weighted by molar-refractivity contribution is 5.91. The van der Waals surface area contributed by atoms with Gasteiger partial charge in [0.2, 0.25) is 0 Å². The number of aliphatic carboxylic acids is 3. The van der Waals surface area contributed by atoms with E-state index in [4.69, 9.17) is 10.2 Å². The summed E-state index contributed by atoms with van der Waals surface area (Å²) in [4.78, 5) is 33.4. The van der Waals surface area contributed by atoms with E-state index in [1.165, 1.54) is 64.2 Å². The molecule has 8 nitrogen and oxygen atoms in total. The molecule has 5 N–H and O–H groups in total. The van der Waals surface area contributed by atoms with Crippen LogP contribution in [-0.2, 0) is 14.4 Å². The molecule has 0 aliphatic heterocycles. The lowest BCUT2D eigenvalue weighted by Gasteiger charge is -2.29. The Labute approximate surface area is 180 Å². The SMILES string of the molecule is CCCCCCCCCCCCCCCCNC(C(=O)O)C(O)(CC(=O)O)C(=O)O. The van der Waals surface area contributed by atoms with Crippen molar-refractivity contribution in [3.8, 4) is 0 Å². The highest BCUT2D eigenvalue weighted by Crippen LogP contribution is 2.18. The Hall–Kier alpha value is -1.67. The van der Waals surface area contributed by atoms with E-state index < -0.39 is 36.0 Å². The zero-order chi connectivity index (χ0) is 22.8. The molecule has 0 heterocycles. The average molecular weight is 432 g/mol. The lowest BCUT2D eigenvalue weighted by atomic mass is 9.90. The summed E-state index contributed by atoms with van der Waals surface area (Å²) in [6.07, 6.45) is 15.4. The molecule has 2 atom stereocenters. The summed E-state index contributed by atoms with van der Waals surface area (Å²) in [6.45, 7) is 2.43. The van der Waals surface area contributed by atoms with E-state index in [0.717, 1.165) is 19.3 Å². The molecule has 0 aliphatic rings. The van der Waals surface area contributed by atoms with Crippen molar-refractivity contribution < 1.29 is 34.8 Å². The van der Waals surface area contributed by atoms with E-state index in [0.29, 0.717) is 6.42 Å². The lowest BCUT2D eigenvalue weighted by Crippen LogP contribution is -2.61. The van der Waals surface area contributed by atoms with Gasteiger partial charge in [-0.1, -0.05) is 90.4 Å². The highest BCUT2D eigenvalue weighted by atomic mass is 16.4. The predicted octanol–water partition coefficient (Wildman–Crippen LogP) is 3.80. The summed E-state index contributed by atoms with van der Waals surface area (Å²) >= 11 is 0. The topological polar surface area (TPSA) is 144 Å². The van der Waals surface area contributed by atoms with Crippen molar-refractivity contribution in [3.63, 3.8) is 0 Å². The van der Waals surface area contributed by atoms with Crippen LogP contribution in [0.4, 0.5) is 0 Å². The molecule has 0 aromatic heterocycles. The van der Waals surface area contributed by atoms with Crippen LogP contribution < -0.4 is 5.32 Å². The quantitative estimate of drug-likeness (QED) is 0.173. The number of carbonyl (C=O) groups is 3. The van der Waals surface area contributed by atoms with Crippen LogP contribution in [0.5, 0.6) is 0 Å². The Bertz CT molecular complexity index is 498. The summed E-state index contributed by atoms with van der Waals surface area (Å²) in [6, 6.07) is -1.88. The maximum absolute atomic E-state index is 11.3. The second kappa shape index (κ2) is 17.1. The number of aliphatic hydroxyl groups is 1. The van der Waals surface area contributed by atoms with E-state index in [-0.39, 0.29) is 6.54 Å². The van der Waals surface area contributed by atoms with E-state index in [1.54, 1.807) is 0 Å². The molecule has 0 aromatic carbocycles. The van der Waals surface area contributed by atoms with Crippen LogP contribution in [0.25, 0.3) is 0 Å². The molecule has 0 fully saturated rings. The zero-order valence-electron chi connectivity index (χ0n) is 18.4. The number of nitrogens with one attached hydrogen (secondary N) is 1. The normalized spacial score (nSPS) is 14.2. The molecule has 0 bridgehead atoms. The number of rotatable bonds is 21. The van der Waals surface area contributed by atoms with Crippen molar-refractivity contribution in [2.45, 2.75) is 115 Å². The molecule has 0 aliphatic carbocycles. The van der Waals surface area contributed by atoms with Crippen molar-refractivity contribution in [1.29, 1.82) is 0 Å². The standard InChI is InChI=1S/C22H41NO7/c1-2-3-4-5-6-7-8-9-10-11-12-13-14-15-16-23-19(20(26)27)22(30,21(28)29)17-18(24)25/h19,23,30H,2-17H2,1H3,(H,24,25)(H,26,27)(H,28,29). The van der Waals surface area contributed by atoms with Gasteiger partial charge in [0.25, 0.3) is 0 Å². The van der Waals surface area contributed by atoms with Crippen molar-refractivity contribution >= 4 is 17.9 Å². The third kappa shape index (κ3) is 12.8. The van der Waals surface area contributed by atoms with Crippen LogP contribution in [0, 0.1) is 0 Å². The van der Waals surface area contributed by atoms with E-state index >= 15 is 0 Å². The molecular formula is C22H41NO7. The van der Waals surface area contributed by atoms with Crippen LogP contribution in [0.3, 0.4) is 0 Å². The monoisotopic (exact) mass is 431 g/mol. The largest absolute Gasteiger partial charge is 0.481 e. The molecule has 0 rings (SSSR count). The molecule has 0 aromatic rings. The average Bonchev–Trinajstić information content (AvgIpc) is 2.66. The predicted molar refractivity (Wildman–Crippen MR) is 115 cm³/mol. The second-order valence-electron chi connectivity index (χ2n) is 8.12. The molecule has 0 spiro atoms. The minimum absolute atomic E-state index is 0.199. The van der Waals surface area contributed by atoms with Gasteiger partial charge in [0.15, 0.2) is 5.60 Å². The summed E-state index contributed by atoms with van der Waals surface area (Å²) in [5, 5.41) is 39.7. The summed E-state index contributed by atoms with van der Waals surface area (Å²) in [5.74, 6) is -5.04. The molecule has 30 heavy (non-hydrogen) atoms. The van der Waals surface area contributed by atoms with Gasteiger partial charge in [0, 0.05) is 0 Å². The summed E-state index contributed by atoms with van der Waals surface area (Å²) in [5.41, 5.74) is -2.90. The summed E-state index contributed by atoms with van der Waals surface area (Å²) < 4.78 is 0. The third-order valence-corrected chi connectivity index (χ3v) is 5.39. The van der Waals surface area contributed by atoms with Crippen molar-refractivity contribution in [3.05, 3.63) is 0 Å². The maximum atomic E-state index is 11.3. The van der Waals surface area contributed by atoms with Crippen LogP contribution in [0.2, 0.25) is 0 Å². The molecule has 2 unspecified atom stereocenters. The van der Waals surface area contributed by atoms with Crippen molar-refractivity contribution in [1.82, 2.24) is 5.32 Å². The van der Waals surface area contributed by atoms with Gasteiger partial charge in [0.05, 0.1) is 6.42 Å². The number of hydrogen-bond donors (Lipinski definition) is 5. The molecule has 0 saturated heterocycles. The first-order valence-corrected chi connectivity index (χ1v) is 11.4. The second-order valence-corrected chi connectivity index (χ2v) is 8.12.